The standard InChI is InChI=1S/C20H20N4O3/c1-13-10-19(11-21,12-22)20(24(13)17(26)27-18(2,3)4)14-8-6-7-9-15(14)23(5)16(20)25/h6-9H,1,10H2,2-5H3/t20-/m0/s1. The fraction of sp³-hybridized carbons (Fsp3) is 0.400. The number of benzene rings is 1. The quantitative estimate of drug-likeness (QED) is 0.705. The molecule has 7 nitrogen and oxygen atoms in total. The van der Waals surface area contributed by atoms with Crippen LogP contribution in [0.3, 0.4) is 0 Å². The van der Waals surface area contributed by atoms with E-state index in [-0.39, 0.29) is 12.1 Å². The number of nitriles is 2. The molecule has 0 aliphatic carbocycles. The van der Waals surface area contributed by atoms with Gasteiger partial charge in [-0.3, -0.25) is 9.69 Å². The van der Waals surface area contributed by atoms with Crippen molar-refractivity contribution in [1.29, 1.82) is 10.5 Å². The Hall–Kier alpha value is -3.32. The number of carbonyl (C=O) groups is 2. The van der Waals surface area contributed by atoms with E-state index in [4.69, 9.17) is 4.74 Å². The maximum atomic E-state index is 13.5. The van der Waals surface area contributed by atoms with Crippen LogP contribution in [0.2, 0.25) is 0 Å². The molecule has 2 heterocycles. The number of hydrogen-bond acceptors (Lipinski definition) is 5. The molecular weight excluding hydrogens is 344 g/mol. The summed E-state index contributed by atoms with van der Waals surface area (Å²) >= 11 is 0. The predicted molar refractivity (Wildman–Crippen MR) is 97.0 cm³/mol. The largest absolute Gasteiger partial charge is 0.443 e. The third kappa shape index (κ3) is 2.18. The van der Waals surface area contributed by atoms with E-state index in [0.717, 1.165) is 4.90 Å². The lowest BCUT2D eigenvalue weighted by Crippen LogP contribution is -2.58. The van der Waals surface area contributed by atoms with Crippen molar-refractivity contribution in [2.75, 3.05) is 11.9 Å². The zero-order valence-electron chi connectivity index (χ0n) is 15.7. The van der Waals surface area contributed by atoms with Crippen LogP contribution >= 0.6 is 0 Å². The molecule has 2 aliphatic heterocycles. The van der Waals surface area contributed by atoms with E-state index in [1.165, 1.54) is 4.90 Å². The first-order valence-electron chi connectivity index (χ1n) is 8.47. The van der Waals surface area contributed by atoms with E-state index in [1.54, 1.807) is 52.1 Å². The number of amides is 2. The summed E-state index contributed by atoms with van der Waals surface area (Å²) in [5, 5.41) is 19.9. The molecule has 0 aromatic heterocycles. The Bertz CT molecular complexity index is 933. The van der Waals surface area contributed by atoms with Gasteiger partial charge in [0, 0.05) is 30.4 Å². The molecule has 0 bridgehead atoms. The van der Waals surface area contributed by atoms with E-state index >= 15 is 0 Å². The van der Waals surface area contributed by atoms with Crippen LogP contribution in [0, 0.1) is 28.1 Å². The monoisotopic (exact) mass is 364 g/mol. The van der Waals surface area contributed by atoms with Gasteiger partial charge in [0.15, 0.2) is 11.0 Å². The number of nitrogens with zero attached hydrogens (tertiary/aromatic N) is 4. The van der Waals surface area contributed by atoms with Crippen molar-refractivity contribution in [3.8, 4) is 12.1 Å². The minimum absolute atomic E-state index is 0.132. The second-order valence-corrected chi connectivity index (χ2v) is 7.78. The van der Waals surface area contributed by atoms with Crippen molar-refractivity contribution in [2.24, 2.45) is 5.41 Å². The van der Waals surface area contributed by atoms with Crippen molar-refractivity contribution in [3.63, 3.8) is 0 Å². The van der Waals surface area contributed by atoms with E-state index in [1.807, 2.05) is 12.1 Å². The number of likely N-dealkylation sites (tertiary alicyclic amines) is 1. The molecular formula is C20H20N4O3. The second kappa shape index (κ2) is 5.59. The zero-order chi connectivity index (χ0) is 20.2. The van der Waals surface area contributed by atoms with Crippen LogP contribution in [-0.2, 0) is 15.1 Å². The molecule has 0 unspecified atom stereocenters. The number of fused-ring (bicyclic) bond motifs is 2. The summed E-state index contributed by atoms with van der Waals surface area (Å²) in [5.41, 5.74) is -3.30. The highest BCUT2D eigenvalue weighted by Crippen LogP contribution is 2.61. The average molecular weight is 364 g/mol. The average Bonchev–Trinajstić information content (AvgIpc) is 2.99. The summed E-state index contributed by atoms with van der Waals surface area (Å²) in [4.78, 5) is 29.0. The van der Waals surface area contributed by atoms with Crippen molar-refractivity contribution >= 4 is 17.7 Å². The highest BCUT2D eigenvalue weighted by atomic mass is 16.6. The highest BCUT2D eigenvalue weighted by Gasteiger charge is 2.73. The first-order chi connectivity index (χ1) is 12.6. The van der Waals surface area contributed by atoms with Crippen molar-refractivity contribution in [1.82, 2.24) is 4.90 Å². The molecule has 1 aromatic rings. The fourth-order valence-electron chi connectivity index (χ4n) is 3.95. The van der Waals surface area contributed by atoms with Gasteiger partial charge in [0.1, 0.15) is 5.60 Å². The van der Waals surface area contributed by atoms with Gasteiger partial charge in [-0.25, -0.2) is 4.79 Å². The molecule has 1 fully saturated rings. The van der Waals surface area contributed by atoms with Crippen LogP contribution in [0.1, 0.15) is 32.8 Å². The summed E-state index contributed by atoms with van der Waals surface area (Å²) in [7, 11) is 1.56. The van der Waals surface area contributed by atoms with Gasteiger partial charge < -0.3 is 9.64 Å². The maximum Gasteiger partial charge on any atom is 0.415 e. The number of rotatable bonds is 0. The molecule has 1 aromatic carbocycles. The summed E-state index contributed by atoms with van der Waals surface area (Å²) in [6.07, 6.45) is -0.939. The van der Waals surface area contributed by atoms with Crippen LogP contribution in [-0.4, -0.2) is 29.5 Å². The first-order valence-corrected chi connectivity index (χ1v) is 8.47. The van der Waals surface area contributed by atoms with Gasteiger partial charge >= 0.3 is 6.09 Å². The molecule has 7 heteroatoms. The number of carbonyl (C=O) groups excluding carboxylic acids is 2. The first kappa shape index (κ1) is 18.5. The molecule has 3 rings (SSSR count). The van der Waals surface area contributed by atoms with E-state index in [2.05, 4.69) is 6.58 Å². The Morgan fingerprint density at radius 1 is 1.26 bits per heavy atom. The van der Waals surface area contributed by atoms with Crippen LogP contribution < -0.4 is 4.90 Å². The highest BCUT2D eigenvalue weighted by molar-refractivity contribution is 6.11. The van der Waals surface area contributed by atoms with Crippen molar-refractivity contribution in [3.05, 3.63) is 42.1 Å². The van der Waals surface area contributed by atoms with Crippen LogP contribution in [0.4, 0.5) is 10.5 Å². The summed E-state index contributed by atoms with van der Waals surface area (Å²) < 4.78 is 5.50. The molecule has 0 N–H and O–H groups in total. The topological polar surface area (TPSA) is 97.4 Å². The zero-order valence-corrected chi connectivity index (χ0v) is 15.7. The summed E-state index contributed by atoms with van der Waals surface area (Å²) in [6, 6.07) is 10.9. The minimum Gasteiger partial charge on any atom is -0.443 e. The molecule has 0 radical (unpaired) electrons. The number of allylic oxidation sites excluding steroid dienone is 1. The van der Waals surface area contributed by atoms with E-state index < -0.39 is 28.6 Å². The van der Waals surface area contributed by atoms with Crippen LogP contribution in [0.5, 0.6) is 0 Å². The molecule has 1 spiro atoms. The third-order valence-electron chi connectivity index (χ3n) is 4.97. The molecule has 1 saturated heterocycles. The normalized spacial score (nSPS) is 23.2. The fourth-order valence-corrected chi connectivity index (χ4v) is 3.95. The van der Waals surface area contributed by atoms with Gasteiger partial charge in [-0.15, -0.1) is 0 Å². The molecule has 0 saturated carbocycles. The molecule has 1 atom stereocenters. The van der Waals surface area contributed by atoms with Gasteiger partial charge in [-0.2, -0.15) is 10.5 Å². The smallest absolute Gasteiger partial charge is 0.415 e. The maximum absolute atomic E-state index is 13.5. The summed E-state index contributed by atoms with van der Waals surface area (Å²) in [6.45, 7) is 8.99. The van der Waals surface area contributed by atoms with Gasteiger partial charge in [-0.1, -0.05) is 24.8 Å². The lowest BCUT2D eigenvalue weighted by atomic mass is 9.68. The van der Waals surface area contributed by atoms with Gasteiger partial charge in [0.2, 0.25) is 0 Å². The predicted octanol–water partition coefficient (Wildman–Crippen LogP) is 3.05. The van der Waals surface area contributed by atoms with Crippen LogP contribution in [0.25, 0.3) is 0 Å². The SMILES string of the molecule is C=C1CC(C#N)(C#N)[C@]2(C(=O)N(C)c3ccccc32)N1C(=O)OC(C)(C)C. The minimum atomic E-state index is -1.83. The Labute approximate surface area is 158 Å². The van der Waals surface area contributed by atoms with Crippen molar-refractivity contribution < 1.29 is 14.3 Å². The number of likely N-dealkylation sites (N-methyl/N-ethyl adjacent to an activating group) is 1. The van der Waals surface area contributed by atoms with Crippen molar-refractivity contribution in [2.45, 2.75) is 38.3 Å². The van der Waals surface area contributed by atoms with Gasteiger partial charge in [0.25, 0.3) is 5.91 Å². The lowest BCUT2D eigenvalue weighted by Gasteiger charge is -2.39. The molecule has 138 valence electrons. The molecule has 2 amide bonds. The molecule has 2 aliphatic rings. The third-order valence-corrected chi connectivity index (χ3v) is 4.97. The van der Waals surface area contributed by atoms with E-state index in [9.17, 15) is 20.1 Å². The van der Waals surface area contributed by atoms with Crippen LogP contribution in [0.15, 0.2) is 36.5 Å². The Morgan fingerprint density at radius 2 is 1.85 bits per heavy atom. The number of hydrogen-bond donors (Lipinski definition) is 0. The molecule has 27 heavy (non-hydrogen) atoms. The Balaban J connectivity index is 2.35. The van der Waals surface area contributed by atoms with Gasteiger partial charge in [0.05, 0.1) is 12.1 Å². The number of ether oxygens (including phenoxy) is 1. The number of para-hydroxylation sites is 1. The van der Waals surface area contributed by atoms with Gasteiger partial charge in [-0.05, 0) is 26.8 Å². The van der Waals surface area contributed by atoms with E-state index in [0.29, 0.717) is 11.3 Å². The Morgan fingerprint density at radius 3 is 2.41 bits per heavy atom. The number of anilines is 1. The second-order valence-electron chi connectivity index (χ2n) is 7.78. The summed E-state index contributed by atoms with van der Waals surface area (Å²) in [5.74, 6) is -0.531. The Kier molecular flexibility index (Phi) is 3.82. The lowest BCUT2D eigenvalue weighted by molar-refractivity contribution is -0.130.